The molecular formula is C17H20Li3N. The van der Waals surface area contributed by atoms with Crippen molar-refractivity contribution in [3.05, 3.63) is 54.7 Å². The van der Waals surface area contributed by atoms with Gasteiger partial charge in [0.25, 0.3) is 0 Å². The Kier molecular flexibility index (Phi) is 14.4. The van der Waals surface area contributed by atoms with Crippen molar-refractivity contribution in [3.63, 3.8) is 0 Å². The number of hydrogen-bond donors (Lipinski definition) is 0. The molecule has 2 aromatic rings. The average Bonchev–Trinajstić information content (AvgIpc) is 2.42. The predicted molar refractivity (Wildman–Crippen MR) is 79.0 cm³/mol. The Hall–Kier alpha value is 0.292. The molecule has 0 aliphatic heterocycles. The Morgan fingerprint density at radius 1 is 1.14 bits per heavy atom. The van der Waals surface area contributed by atoms with Crippen molar-refractivity contribution >= 4 is 16.5 Å². The molecule has 4 heteroatoms. The van der Waals surface area contributed by atoms with E-state index < -0.39 is 0 Å². The van der Waals surface area contributed by atoms with Gasteiger partial charge in [-0.05, 0) is 0 Å². The molecule has 96 valence electrons. The Labute approximate surface area is 165 Å². The molecule has 0 aliphatic rings. The average molecular weight is 259 g/mol. The molecular weight excluding hydrogens is 239 g/mol. The van der Waals surface area contributed by atoms with E-state index in [0.29, 0.717) is 5.92 Å². The summed E-state index contributed by atoms with van der Waals surface area (Å²) in [4.78, 5) is 0. The number of benzene rings is 2. The Morgan fingerprint density at radius 3 is 2.57 bits per heavy atom. The molecule has 0 amide bonds. The summed E-state index contributed by atoms with van der Waals surface area (Å²) in [6, 6.07) is 15.5. The predicted octanol–water partition coefficient (Wildman–Crippen LogP) is -3.70. The fourth-order valence-electron chi connectivity index (χ4n) is 2.09. The maximum atomic E-state index is 4.69. The first-order valence-electron chi connectivity index (χ1n) is 6.70. The molecule has 0 N–H and O–H groups in total. The van der Waals surface area contributed by atoms with Crippen LogP contribution in [0, 0.1) is 18.9 Å². The van der Waals surface area contributed by atoms with E-state index in [0.717, 1.165) is 18.7 Å². The van der Waals surface area contributed by atoms with Crippen LogP contribution in [0.2, 0.25) is 0 Å². The van der Waals surface area contributed by atoms with Crippen LogP contribution in [-0.2, 0) is 0 Å². The van der Waals surface area contributed by atoms with Crippen molar-refractivity contribution in [2.45, 2.75) is 26.2 Å². The molecule has 0 aliphatic carbocycles. The number of hydrogen-bond acceptors (Lipinski definition) is 0. The Bertz CT molecular complexity index is 497. The van der Waals surface area contributed by atoms with E-state index in [1.54, 1.807) is 0 Å². The van der Waals surface area contributed by atoms with Crippen LogP contribution in [0.4, 0.5) is 5.69 Å². The maximum Gasteiger partial charge on any atom is 1.00 e. The third kappa shape index (κ3) is 7.40. The number of rotatable bonds is 6. The van der Waals surface area contributed by atoms with Crippen LogP contribution < -0.4 is 56.6 Å². The number of nitrogens with zero attached hydrogens (tertiary/aromatic N) is 1. The standard InChI is InChI=1S/C17H20N.3Li/c1-3-4-8-14(2)13-18-17-12-7-10-15-9-5-6-11-16(15)17;;;/h5-6,9-12,14H,2-4,8,13H2,1H3;;;/q-3;3*+1. The number of fused-ring (bicyclic) bond motifs is 1. The smallest absolute Gasteiger partial charge is 0.744 e. The van der Waals surface area contributed by atoms with Gasteiger partial charge in [0.15, 0.2) is 0 Å². The molecule has 1 nitrogen and oxygen atoms in total. The fraction of sp³-hybridized carbons (Fsp3) is 0.353. The third-order valence-corrected chi connectivity index (χ3v) is 3.18. The van der Waals surface area contributed by atoms with Gasteiger partial charge in [-0.2, -0.15) is 30.7 Å². The molecule has 2 aromatic carbocycles. The van der Waals surface area contributed by atoms with Crippen LogP contribution in [0.3, 0.4) is 0 Å². The summed E-state index contributed by atoms with van der Waals surface area (Å²) in [5.41, 5.74) is 1.04. The Morgan fingerprint density at radius 2 is 1.86 bits per heavy atom. The second kappa shape index (κ2) is 12.8. The van der Waals surface area contributed by atoms with Crippen molar-refractivity contribution in [1.82, 2.24) is 0 Å². The summed E-state index contributed by atoms with van der Waals surface area (Å²) < 4.78 is 0. The third-order valence-electron chi connectivity index (χ3n) is 3.18. The van der Waals surface area contributed by atoms with Crippen LogP contribution in [0.15, 0.2) is 36.4 Å². The molecule has 0 aromatic heterocycles. The van der Waals surface area contributed by atoms with Gasteiger partial charge in [0, 0.05) is 0 Å². The van der Waals surface area contributed by atoms with Gasteiger partial charge in [0.2, 0.25) is 0 Å². The van der Waals surface area contributed by atoms with Gasteiger partial charge in [-0.3, -0.25) is 5.69 Å². The normalized spacial score (nSPS) is 10.8. The summed E-state index contributed by atoms with van der Waals surface area (Å²) in [6.07, 6.45) is 3.63. The molecule has 1 unspecified atom stereocenters. The van der Waals surface area contributed by atoms with Gasteiger partial charge in [-0.1, -0.05) is 44.4 Å². The number of unbranched alkanes of at least 4 members (excludes halogenated alkanes) is 1. The van der Waals surface area contributed by atoms with Gasteiger partial charge in [0.1, 0.15) is 0 Å². The molecule has 0 fully saturated rings. The molecule has 0 bridgehead atoms. The molecule has 0 saturated heterocycles. The van der Waals surface area contributed by atoms with Gasteiger partial charge in [-0.25, -0.2) is 0 Å². The molecule has 0 spiro atoms. The minimum Gasteiger partial charge on any atom is -0.744 e. The van der Waals surface area contributed by atoms with E-state index in [1.807, 2.05) is 18.2 Å². The van der Waals surface area contributed by atoms with Crippen LogP contribution in [-0.4, -0.2) is 6.54 Å². The van der Waals surface area contributed by atoms with Crippen molar-refractivity contribution in [2.75, 3.05) is 6.54 Å². The Balaban J connectivity index is 0. The van der Waals surface area contributed by atoms with Gasteiger partial charge in [-0.15, -0.1) is 16.8 Å². The first kappa shape index (κ1) is 23.6. The fourth-order valence-corrected chi connectivity index (χ4v) is 2.09. The largest absolute Gasteiger partial charge is 1.00 e. The van der Waals surface area contributed by atoms with Gasteiger partial charge < -0.3 is 12.2 Å². The van der Waals surface area contributed by atoms with Gasteiger partial charge in [0.05, 0.1) is 0 Å². The first-order chi connectivity index (χ1) is 8.81. The van der Waals surface area contributed by atoms with Crippen LogP contribution >= 0.6 is 0 Å². The zero-order valence-corrected chi connectivity index (χ0v) is 14.0. The molecule has 2 rings (SSSR count). The zero-order valence-electron chi connectivity index (χ0n) is 14.0. The van der Waals surface area contributed by atoms with Crippen molar-refractivity contribution in [1.29, 1.82) is 0 Å². The van der Waals surface area contributed by atoms with E-state index in [4.69, 9.17) is 5.32 Å². The molecule has 1 atom stereocenters. The SMILES string of the molecule is [CH2-]C(CCCC)C[N-]c1c[c-]cc2ccccc12.[Li+].[Li+].[Li+]. The minimum atomic E-state index is 0. The summed E-state index contributed by atoms with van der Waals surface area (Å²) >= 11 is 0. The second-order valence-corrected chi connectivity index (χ2v) is 4.78. The molecule has 0 radical (unpaired) electrons. The van der Waals surface area contributed by atoms with E-state index in [9.17, 15) is 0 Å². The van der Waals surface area contributed by atoms with E-state index in [2.05, 4.69) is 38.1 Å². The first-order valence-corrected chi connectivity index (χ1v) is 6.70. The van der Waals surface area contributed by atoms with Crippen LogP contribution in [0.1, 0.15) is 26.2 Å². The zero-order chi connectivity index (χ0) is 12.8. The van der Waals surface area contributed by atoms with Gasteiger partial charge >= 0.3 is 56.6 Å². The quantitative estimate of drug-likeness (QED) is 0.374. The van der Waals surface area contributed by atoms with Crippen LogP contribution in [0.5, 0.6) is 0 Å². The second-order valence-electron chi connectivity index (χ2n) is 4.78. The van der Waals surface area contributed by atoms with E-state index in [-0.39, 0.29) is 56.6 Å². The minimum absolute atomic E-state index is 0. The summed E-state index contributed by atoms with van der Waals surface area (Å²) in [6.45, 7) is 7.19. The van der Waals surface area contributed by atoms with E-state index >= 15 is 0 Å². The topological polar surface area (TPSA) is 14.1 Å². The van der Waals surface area contributed by atoms with Crippen LogP contribution in [0.25, 0.3) is 16.1 Å². The maximum absolute atomic E-state index is 4.69. The van der Waals surface area contributed by atoms with E-state index in [1.165, 1.54) is 23.6 Å². The monoisotopic (exact) mass is 259 g/mol. The molecule has 0 saturated carbocycles. The van der Waals surface area contributed by atoms with Crippen molar-refractivity contribution in [3.8, 4) is 0 Å². The van der Waals surface area contributed by atoms with Crippen molar-refractivity contribution in [2.24, 2.45) is 5.92 Å². The summed E-state index contributed by atoms with van der Waals surface area (Å²) in [5, 5.41) is 7.10. The molecule has 21 heavy (non-hydrogen) atoms. The summed E-state index contributed by atoms with van der Waals surface area (Å²) in [5.74, 6) is 0.420. The molecule has 0 heterocycles. The summed E-state index contributed by atoms with van der Waals surface area (Å²) in [7, 11) is 0. The van der Waals surface area contributed by atoms with Crippen molar-refractivity contribution < 1.29 is 56.6 Å².